The summed E-state index contributed by atoms with van der Waals surface area (Å²) >= 11 is 0. The van der Waals surface area contributed by atoms with E-state index in [1.54, 1.807) is 0 Å². The Balaban J connectivity index is 3.93. The number of quaternary nitrogens is 1. The molecule has 1 N–H and O–H groups in total. The predicted octanol–water partition coefficient (Wildman–Crippen LogP) is 19.5. The number of nitrogens with zero attached hydrogens (tertiary/aromatic N) is 1. The van der Waals surface area contributed by atoms with Gasteiger partial charge in [-0.2, -0.15) is 0 Å². The summed E-state index contributed by atoms with van der Waals surface area (Å²) < 4.78 is 22.9. The Morgan fingerprint density at radius 2 is 0.733 bits per heavy atom. The minimum atomic E-state index is -1.51. The molecule has 0 aliphatic heterocycles. The summed E-state index contributed by atoms with van der Waals surface area (Å²) in [5, 5.41) is 9.69. The molecule has 0 heterocycles. The van der Waals surface area contributed by atoms with Crippen LogP contribution in [0.25, 0.3) is 0 Å². The number of unbranched alkanes of at least 4 members (excludes halogenated alkanes) is 42. The number of rotatable bonds is 61. The zero-order valence-electron chi connectivity index (χ0n) is 50.5. The van der Waals surface area contributed by atoms with Gasteiger partial charge in [0.1, 0.15) is 13.2 Å². The molecular formula is C66H126NO8+. The Bertz CT molecular complexity index is 1280. The third-order valence-electron chi connectivity index (χ3n) is 14.7. The highest BCUT2D eigenvalue weighted by Crippen LogP contribution is 2.18. The Hall–Kier alpha value is -2.23. The van der Waals surface area contributed by atoms with Crippen LogP contribution in [0.4, 0.5) is 0 Å². The van der Waals surface area contributed by atoms with E-state index in [9.17, 15) is 19.5 Å². The van der Waals surface area contributed by atoms with Gasteiger partial charge in [0.25, 0.3) is 6.29 Å². The van der Waals surface area contributed by atoms with Crippen LogP contribution in [-0.2, 0) is 33.3 Å². The lowest BCUT2D eigenvalue weighted by molar-refractivity contribution is -0.870. The molecule has 0 bridgehead atoms. The van der Waals surface area contributed by atoms with E-state index in [1.807, 2.05) is 21.1 Å². The zero-order valence-corrected chi connectivity index (χ0v) is 50.5. The van der Waals surface area contributed by atoms with Crippen molar-refractivity contribution in [2.45, 2.75) is 334 Å². The highest BCUT2D eigenvalue weighted by Gasteiger charge is 2.25. The fraction of sp³-hybridized carbons (Fsp3) is 0.894. The first-order valence-corrected chi connectivity index (χ1v) is 32.5. The summed E-state index contributed by atoms with van der Waals surface area (Å²) in [7, 11) is 5.97. The van der Waals surface area contributed by atoms with Crippen LogP contribution in [0.15, 0.2) is 24.3 Å². The van der Waals surface area contributed by atoms with Gasteiger partial charge in [-0.3, -0.25) is 9.59 Å². The van der Waals surface area contributed by atoms with Gasteiger partial charge in [0.2, 0.25) is 0 Å². The lowest BCUT2D eigenvalue weighted by Crippen LogP contribution is -2.40. The summed E-state index contributed by atoms with van der Waals surface area (Å²) in [4.78, 5) is 37.4. The average molecular weight is 1060 g/mol. The monoisotopic (exact) mass is 1060 g/mol. The molecule has 75 heavy (non-hydrogen) atoms. The zero-order chi connectivity index (χ0) is 54.8. The van der Waals surface area contributed by atoms with E-state index in [0.29, 0.717) is 23.9 Å². The quantitative estimate of drug-likeness (QED) is 0.0211. The third-order valence-corrected chi connectivity index (χ3v) is 14.7. The van der Waals surface area contributed by atoms with Crippen LogP contribution in [0.2, 0.25) is 0 Å². The van der Waals surface area contributed by atoms with E-state index < -0.39 is 24.3 Å². The molecule has 0 aromatic rings. The number of esters is 2. The number of carbonyl (C=O) groups excluding carboxylic acids is 2. The highest BCUT2D eigenvalue weighted by molar-refractivity contribution is 5.71. The molecular weight excluding hydrogens is 935 g/mol. The molecule has 0 aromatic carbocycles. The van der Waals surface area contributed by atoms with Gasteiger partial charge >= 0.3 is 17.9 Å². The molecule has 9 nitrogen and oxygen atoms in total. The van der Waals surface area contributed by atoms with Gasteiger partial charge in [0.05, 0.1) is 34.4 Å². The lowest BCUT2D eigenvalue weighted by atomic mass is 10.0. The van der Waals surface area contributed by atoms with Gasteiger partial charge in [0, 0.05) is 12.8 Å². The van der Waals surface area contributed by atoms with E-state index in [4.69, 9.17) is 18.9 Å². The third kappa shape index (κ3) is 59.3. The van der Waals surface area contributed by atoms with E-state index in [1.165, 1.54) is 225 Å². The van der Waals surface area contributed by atoms with E-state index in [2.05, 4.69) is 38.2 Å². The van der Waals surface area contributed by atoms with Crippen LogP contribution < -0.4 is 0 Å². The first-order chi connectivity index (χ1) is 36.6. The molecule has 0 spiro atoms. The maximum Gasteiger partial charge on any atom is 0.361 e. The van der Waals surface area contributed by atoms with Gasteiger partial charge in [-0.15, -0.1) is 0 Å². The number of carboxylic acid groups (broad SMARTS) is 1. The number of ether oxygens (including phenoxy) is 4. The molecule has 2 unspecified atom stereocenters. The number of allylic oxidation sites excluding steroid dienone is 4. The number of hydrogen-bond donors (Lipinski definition) is 1. The second-order valence-electron chi connectivity index (χ2n) is 23.4. The van der Waals surface area contributed by atoms with Gasteiger partial charge in [-0.05, 0) is 38.5 Å². The maximum absolute atomic E-state index is 12.8. The summed E-state index contributed by atoms with van der Waals surface area (Å²) in [6, 6.07) is 0. The number of carboxylic acids is 1. The largest absolute Gasteiger partial charge is 0.477 e. The SMILES string of the molecule is CCCC/C=C\C/C=C\CCCCCCCC(=O)OC(COC(=O)CCCCCCCCCCCCCCCCCCCCCCCCCCCCCCCCCCCCCC)COC(OCC[N+](C)(C)C)C(=O)O. The first-order valence-electron chi connectivity index (χ1n) is 32.5. The predicted molar refractivity (Wildman–Crippen MR) is 318 cm³/mol. The summed E-state index contributed by atoms with van der Waals surface area (Å²) in [6.45, 7) is 4.86. The molecule has 0 amide bonds. The Kier molecular flexibility index (Phi) is 56.2. The van der Waals surface area contributed by atoms with Gasteiger partial charge in [-0.25, -0.2) is 4.79 Å². The molecule has 0 rings (SSSR count). The molecule has 9 heteroatoms. The molecule has 0 aliphatic rings. The van der Waals surface area contributed by atoms with Crippen molar-refractivity contribution in [2.75, 3.05) is 47.5 Å². The number of hydrogen-bond acceptors (Lipinski definition) is 7. The van der Waals surface area contributed by atoms with E-state index in [0.717, 1.165) is 64.2 Å². The summed E-state index contributed by atoms with van der Waals surface area (Å²) in [6.07, 6.45) is 67.4. The van der Waals surface area contributed by atoms with Crippen molar-refractivity contribution in [3.63, 3.8) is 0 Å². The second kappa shape index (κ2) is 57.9. The van der Waals surface area contributed by atoms with Crippen LogP contribution in [0.5, 0.6) is 0 Å². The van der Waals surface area contributed by atoms with E-state index in [-0.39, 0.29) is 32.2 Å². The molecule has 0 radical (unpaired) electrons. The van der Waals surface area contributed by atoms with Gasteiger partial charge in [0.15, 0.2) is 6.10 Å². The molecule has 442 valence electrons. The number of likely N-dealkylation sites (N-methyl/N-ethyl adjacent to an activating group) is 1. The summed E-state index contributed by atoms with van der Waals surface area (Å²) in [5.74, 6) is -2.01. The first kappa shape index (κ1) is 72.8. The van der Waals surface area contributed by atoms with Crippen molar-refractivity contribution in [3.05, 3.63) is 24.3 Å². The molecule has 0 aliphatic carbocycles. The maximum atomic E-state index is 12.8. The molecule has 0 aromatic heterocycles. The van der Waals surface area contributed by atoms with Crippen molar-refractivity contribution < 1.29 is 42.9 Å². The Labute approximate surface area is 465 Å². The smallest absolute Gasteiger partial charge is 0.361 e. The van der Waals surface area contributed by atoms with Gasteiger partial charge in [-0.1, -0.05) is 295 Å². The fourth-order valence-electron chi connectivity index (χ4n) is 9.68. The number of aliphatic carboxylic acids is 1. The van der Waals surface area contributed by atoms with Crippen molar-refractivity contribution in [3.8, 4) is 0 Å². The summed E-state index contributed by atoms with van der Waals surface area (Å²) in [5.41, 5.74) is 0. The number of carbonyl (C=O) groups is 3. The Morgan fingerprint density at radius 3 is 1.09 bits per heavy atom. The van der Waals surface area contributed by atoms with E-state index >= 15 is 0 Å². The van der Waals surface area contributed by atoms with Crippen molar-refractivity contribution in [2.24, 2.45) is 0 Å². The van der Waals surface area contributed by atoms with Crippen molar-refractivity contribution >= 4 is 17.9 Å². The molecule has 0 saturated carbocycles. The second-order valence-corrected chi connectivity index (χ2v) is 23.4. The lowest BCUT2D eigenvalue weighted by Gasteiger charge is -2.25. The average Bonchev–Trinajstić information content (AvgIpc) is 3.38. The van der Waals surface area contributed by atoms with Crippen LogP contribution >= 0.6 is 0 Å². The fourth-order valence-corrected chi connectivity index (χ4v) is 9.68. The van der Waals surface area contributed by atoms with Crippen LogP contribution in [0, 0.1) is 0 Å². The van der Waals surface area contributed by atoms with Crippen LogP contribution in [0.3, 0.4) is 0 Å². The Morgan fingerprint density at radius 1 is 0.400 bits per heavy atom. The molecule has 0 fully saturated rings. The van der Waals surface area contributed by atoms with Crippen LogP contribution in [-0.4, -0.2) is 87.4 Å². The van der Waals surface area contributed by atoms with Gasteiger partial charge < -0.3 is 28.5 Å². The highest BCUT2D eigenvalue weighted by atomic mass is 16.7. The minimum Gasteiger partial charge on any atom is -0.477 e. The molecule has 2 atom stereocenters. The standard InChI is InChI=1S/C66H125NO8/c1-6-8-10-12-14-16-18-20-22-23-24-25-26-27-28-29-30-31-32-33-34-35-36-37-38-39-40-41-42-43-45-46-48-50-52-54-56-63(68)73-60-62(61-74-66(65(70)71)72-59-58-67(3,4)5)75-64(69)57-55-53-51-49-47-44-21-19-17-15-13-11-9-7-2/h13,15,19,21,62,66H,6-12,14,16-18,20,22-61H2,1-5H3/p+1/b15-13-,21-19-. The topological polar surface area (TPSA) is 108 Å². The minimum absolute atomic E-state index is 0.183. The normalized spacial score (nSPS) is 12.8. The van der Waals surface area contributed by atoms with Crippen molar-refractivity contribution in [1.29, 1.82) is 0 Å². The van der Waals surface area contributed by atoms with Crippen molar-refractivity contribution in [1.82, 2.24) is 0 Å². The van der Waals surface area contributed by atoms with Crippen LogP contribution in [0.1, 0.15) is 322 Å². The molecule has 0 saturated heterocycles.